The molecule has 0 saturated carbocycles. The quantitative estimate of drug-likeness (QED) is 0.162. The Labute approximate surface area is 120 Å². The molecule has 0 heterocycles. The van der Waals surface area contributed by atoms with E-state index < -0.39 is 25.9 Å². The van der Waals surface area contributed by atoms with E-state index in [-0.39, 0.29) is 36.2 Å². The minimum atomic E-state index is -5.61. The molecule has 0 aromatic heterocycles. The fraction of sp³-hybridized carbons (Fsp3) is 0. The van der Waals surface area contributed by atoms with E-state index in [2.05, 4.69) is 0 Å². The van der Waals surface area contributed by atoms with Crippen LogP contribution < -0.4 is 38.0 Å². The summed E-state index contributed by atoms with van der Waals surface area (Å²) in [5.41, 5.74) is 0. The van der Waals surface area contributed by atoms with Crippen LogP contribution in [0.4, 0.5) is 0 Å². The normalized spacial score (nSPS) is 10.5. The topological polar surface area (TPSA) is 251 Å². The summed E-state index contributed by atoms with van der Waals surface area (Å²) in [5, 5.41) is 0. The van der Waals surface area contributed by atoms with E-state index in [1.54, 1.807) is 0 Å². The average Bonchev–Trinajstić information content (AvgIpc) is 1.41. The van der Waals surface area contributed by atoms with E-state index in [4.69, 9.17) is 57.6 Å². The molecule has 0 aromatic rings. The van der Waals surface area contributed by atoms with Crippen molar-refractivity contribution in [2.24, 2.45) is 0 Å². The zero-order valence-electron chi connectivity index (χ0n) is 8.20. The zero-order chi connectivity index (χ0) is 13.5. The van der Waals surface area contributed by atoms with Crippen LogP contribution >= 0.6 is 7.82 Å². The SMILES string of the molecule is O=P(O)(O)O.O[Si](O)(O)O.[Al+3].[Li+].[O-][Si]([O-])([O-])[O-]. The molecule has 0 spiro atoms. The average molecular weight is 320 g/mol. The van der Waals surface area contributed by atoms with Gasteiger partial charge in [-0.25, -0.2) is 4.57 Å². The Hall–Kier alpha value is 1.35. The Balaban J connectivity index is -0.0000000400. The third kappa shape index (κ3) is 2230. The Kier molecular flexibility index (Phi) is 22.6. The molecule has 0 bridgehead atoms. The van der Waals surface area contributed by atoms with Crippen molar-refractivity contribution in [3.05, 3.63) is 0 Å². The summed E-state index contributed by atoms with van der Waals surface area (Å²) >= 11 is 0. The fourth-order valence-electron chi connectivity index (χ4n) is 0. The van der Waals surface area contributed by atoms with Crippen molar-refractivity contribution >= 4 is 43.3 Å². The van der Waals surface area contributed by atoms with Gasteiger partial charge < -0.3 is 62.1 Å². The molecule has 0 atom stereocenters. The molecule has 0 unspecified atom stereocenters. The van der Waals surface area contributed by atoms with Crippen molar-refractivity contribution in [3.8, 4) is 0 Å². The smallest absolute Gasteiger partial charge is 0.894 e. The molecule has 96 valence electrons. The number of hydrogen-bond donors (Lipinski definition) is 7. The van der Waals surface area contributed by atoms with Crippen LogP contribution in [0.15, 0.2) is 0 Å². The monoisotopic (exact) mass is 320 g/mol. The van der Waals surface area contributed by atoms with Gasteiger partial charge in [-0.1, -0.05) is 0 Å². The maximum Gasteiger partial charge on any atom is 3.00 e. The molecule has 0 aliphatic carbocycles. The first kappa shape index (κ1) is 31.0. The molecular weight excluding hydrogens is 313 g/mol. The number of hydrogen-bond acceptors (Lipinski definition) is 9. The van der Waals surface area contributed by atoms with Gasteiger partial charge in [0.1, 0.15) is 0 Å². The molecule has 0 radical (unpaired) electrons. The number of rotatable bonds is 0. The van der Waals surface area contributed by atoms with Crippen LogP contribution in [-0.4, -0.2) is 69.3 Å². The van der Waals surface area contributed by atoms with Crippen LogP contribution in [0.3, 0.4) is 0 Å². The van der Waals surface area contributed by atoms with Gasteiger partial charge in [0.15, 0.2) is 0 Å². The maximum absolute atomic E-state index is 8.88. The molecule has 17 heavy (non-hydrogen) atoms. The van der Waals surface area contributed by atoms with E-state index in [9.17, 15) is 0 Å². The van der Waals surface area contributed by atoms with Crippen LogP contribution in [0.25, 0.3) is 0 Å². The van der Waals surface area contributed by atoms with E-state index in [1.165, 1.54) is 0 Å². The van der Waals surface area contributed by atoms with Gasteiger partial charge in [0.05, 0.1) is 0 Å². The predicted molar refractivity (Wildman–Crippen MR) is 40.4 cm³/mol. The Bertz CT molecular complexity index is 157. The Morgan fingerprint density at radius 3 is 0.824 bits per heavy atom. The van der Waals surface area contributed by atoms with Crippen molar-refractivity contribution in [3.63, 3.8) is 0 Å². The van der Waals surface area contributed by atoms with Gasteiger partial charge >= 0.3 is 53.1 Å². The summed E-state index contributed by atoms with van der Waals surface area (Å²) in [6.07, 6.45) is 0. The molecule has 0 aliphatic rings. The molecule has 0 aliphatic heterocycles. The zero-order valence-corrected chi connectivity index (χ0v) is 12.2. The molecule has 0 saturated heterocycles. The van der Waals surface area contributed by atoms with Crippen LogP contribution in [0, 0.1) is 0 Å². The van der Waals surface area contributed by atoms with Crippen molar-refractivity contribution in [2.45, 2.75) is 0 Å². The molecule has 0 aromatic carbocycles. The largest absolute Gasteiger partial charge is 3.00 e. The van der Waals surface area contributed by atoms with Gasteiger partial charge in [-0.15, -0.1) is 0 Å². The second-order valence-electron chi connectivity index (χ2n) is 1.61. The Morgan fingerprint density at radius 2 is 0.824 bits per heavy atom. The molecule has 12 nitrogen and oxygen atoms in total. The standard InChI is InChI=1S/Al.Li.H3O4P.H4O4Si.O4Si/c;;3*1-5(2,3)4/h;;(H3,1,2,3,4);1-4H;/q+3;+1;;;-4. The summed E-state index contributed by atoms with van der Waals surface area (Å²) in [5.74, 6) is 0. The minimum Gasteiger partial charge on any atom is -0.894 e. The summed E-state index contributed by atoms with van der Waals surface area (Å²) in [6, 6.07) is 0. The summed E-state index contributed by atoms with van der Waals surface area (Å²) in [7, 11) is -14.9. The summed E-state index contributed by atoms with van der Waals surface area (Å²) < 4.78 is 8.88. The summed E-state index contributed by atoms with van der Waals surface area (Å²) in [4.78, 5) is 85.2. The second-order valence-corrected chi connectivity index (χ2v) is 4.84. The first-order valence-corrected chi connectivity index (χ1v) is 7.48. The van der Waals surface area contributed by atoms with E-state index >= 15 is 0 Å². The van der Waals surface area contributed by atoms with Gasteiger partial charge in [-0.05, 0) is 0 Å². The third-order valence-electron chi connectivity index (χ3n) is 0. The third-order valence-corrected chi connectivity index (χ3v) is 0. The molecule has 7 N–H and O–H groups in total. The van der Waals surface area contributed by atoms with Gasteiger partial charge in [-0.2, -0.15) is 0 Å². The van der Waals surface area contributed by atoms with Crippen LogP contribution in [0.5, 0.6) is 0 Å². The predicted octanol–water partition coefficient (Wildman–Crippen LogP) is -12.1. The van der Waals surface area contributed by atoms with Gasteiger partial charge in [0.2, 0.25) is 0 Å². The van der Waals surface area contributed by atoms with Crippen LogP contribution in [-0.2, 0) is 4.57 Å². The first-order chi connectivity index (χ1) is 6.00. The fourth-order valence-corrected chi connectivity index (χ4v) is 0. The Morgan fingerprint density at radius 1 is 0.824 bits per heavy atom. The van der Waals surface area contributed by atoms with E-state index in [1.807, 2.05) is 0 Å². The van der Waals surface area contributed by atoms with E-state index in [0.29, 0.717) is 0 Å². The van der Waals surface area contributed by atoms with Crippen molar-refractivity contribution in [2.75, 3.05) is 0 Å². The molecular formula is H7AlLiO12PSi2. The van der Waals surface area contributed by atoms with Crippen LogP contribution in [0.1, 0.15) is 0 Å². The number of phosphoric acid groups is 1. The molecule has 0 rings (SSSR count). The molecule has 0 fully saturated rings. The van der Waals surface area contributed by atoms with Crippen molar-refractivity contribution in [1.82, 2.24) is 0 Å². The van der Waals surface area contributed by atoms with Gasteiger partial charge in [-0.3, -0.25) is 0 Å². The van der Waals surface area contributed by atoms with E-state index in [0.717, 1.165) is 0 Å². The van der Waals surface area contributed by atoms with Crippen LogP contribution in [0.2, 0.25) is 0 Å². The maximum atomic E-state index is 8.88. The minimum absolute atomic E-state index is 0. The molecule has 17 heteroatoms. The second kappa shape index (κ2) is 12.4. The van der Waals surface area contributed by atoms with Gasteiger partial charge in [0, 0.05) is 0 Å². The van der Waals surface area contributed by atoms with Gasteiger partial charge in [0.25, 0.3) is 0 Å². The first-order valence-electron chi connectivity index (χ1n) is 2.49. The summed E-state index contributed by atoms with van der Waals surface area (Å²) in [6.45, 7) is 0. The van der Waals surface area contributed by atoms with Crippen molar-refractivity contribution < 1.29 is 76.5 Å². The molecule has 0 amide bonds. The van der Waals surface area contributed by atoms with Crippen molar-refractivity contribution in [1.29, 1.82) is 0 Å².